The molecule has 18 heteroatoms. The molecule has 274 valence electrons. The number of fused-ring (bicyclic) bond motifs is 3. The molecule has 4 aliphatic carbocycles. The van der Waals surface area contributed by atoms with E-state index >= 15 is 0 Å². The van der Waals surface area contributed by atoms with E-state index in [9.17, 15) is 50.8 Å². The fraction of sp³-hybridized carbons (Fsp3) is 0.867. The van der Waals surface area contributed by atoms with Crippen molar-refractivity contribution >= 4 is 32.7 Å². The van der Waals surface area contributed by atoms with Gasteiger partial charge in [0.15, 0.2) is 12.4 Å². The second-order valence-corrected chi connectivity index (χ2v) is 16.8. The van der Waals surface area contributed by atoms with E-state index in [0.29, 0.717) is 12.8 Å². The standard InChI is InChI=1S/C30H46O16S2/c1-14(2)9-22(32)44-25-24(46-48(39,40)41)23(45-47(36,37)38)20(13-31)43-28(25)42-17-10-18(27(34)35)19-7-8-30-11-16(15(3)26(30)33)5-6-21(30)29(19,4)12-17/h14,16-21,23-26,28,31,33H,3,5-13H2,1-2,4H3,(H,34,35)(H,36,37,38)(H,39,40,41)/p-2. The Morgan fingerprint density at radius 2 is 1.69 bits per heavy atom. The summed E-state index contributed by atoms with van der Waals surface area (Å²) in [5.74, 6) is -3.38. The number of hydrogen-bond acceptors (Lipinski definition) is 15. The minimum Gasteiger partial charge on any atom is -0.726 e. The van der Waals surface area contributed by atoms with Crippen LogP contribution in [0.5, 0.6) is 0 Å². The molecule has 5 fully saturated rings. The van der Waals surface area contributed by atoms with Crippen LogP contribution < -0.4 is 0 Å². The van der Waals surface area contributed by atoms with Crippen molar-refractivity contribution in [2.24, 2.45) is 40.4 Å². The molecule has 16 nitrogen and oxygen atoms in total. The third kappa shape index (κ3) is 7.20. The molecule has 1 spiro atoms. The van der Waals surface area contributed by atoms with Gasteiger partial charge >= 0.3 is 11.9 Å². The summed E-state index contributed by atoms with van der Waals surface area (Å²) in [6.07, 6.45) is -8.49. The molecule has 5 aliphatic rings. The molecule has 3 N–H and O–H groups in total. The van der Waals surface area contributed by atoms with Crippen LogP contribution in [0.1, 0.15) is 72.1 Å². The van der Waals surface area contributed by atoms with Crippen LogP contribution in [-0.2, 0) is 53.0 Å². The topological polar surface area (TPSA) is 255 Å². The number of carbonyl (C=O) groups is 2. The number of rotatable bonds is 11. The normalized spacial score (nSPS) is 43.0. The zero-order chi connectivity index (χ0) is 35.6. The molecule has 0 amide bonds. The van der Waals surface area contributed by atoms with Gasteiger partial charge in [0.2, 0.25) is 20.8 Å². The molecule has 0 aromatic heterocycles. The number of ether oxygens (including phenoxy) is 3. The van der Waals surface area contributed by atoms with Crippen LogP contribution in [0.25, 0.3) is 0 Å². The van der Waals surface area contributed by atoms with Gasteiger partial charge < -0.3 is 38.6 Å². The Morgan fingerprint density at radius 1 is 1.04 bits per heavy atom. The largest absolute Gasteiger partial charge is 0.726 e. The number of aliphatic hydroxyl groups excluding tert-OH is 2. The Balaban J connectivity index is 1.51. The molecular weight excluding hydrogens is 680 g/mol. The Hall–Kier alpha value is -1.74. The summed E-state index contributed by atoms with van der Waals surface area (Å²) < 4.78 is 96.9. The number of hydrogen-bond donors (Lipinski definition) is 3. The molecule has 13 unspecified atom stereocenters. The van der Waals surface area contributed by atoms with Crippen molar-refractivity contribution in [3.63, 3.8) is 0 Å². The van der Waals surface area contributed by atoms with Crippen LogP contribution in [-0.4, -0.2) is 103 Å². The molecule has 0 aromatic rings. The molecule has 2 bridgehead atoms. The van der Waals surface area contributed by atoms with Crippen LogP contribution in [0, 0.1) is 40.4 Å². The van der Waals surface area contributed by atoms with E-state index in [1.54, 1.807) is 13.8 Å². The Labute approximate surface area is 280 Å². The lowest BCUT2D eigenvalue weighted by atomic mass is 9.43. The van der Waals surface area contributed by atoms with Gasteiger partial charge in [0.05, 0.1) is 24.7 Å². The van der Waals surface area contributed by atoms with Gasteiger partial charge in [-0.05, 0) is 79.6 Å². The van der Waals surface area contributed by atoms with Crippen molar-refractivity contribution in [3.8, 4) is 0 Å². The predicted molar refractivity (Wildman–Crippen MR) is 159 cm³/mol. The summed E-state index contributed by atoms with van der Waals surface area (Å²) in [7, 11) is -11.3. The number of aliphatic hydroxyl groups is 2. The highest BCUT2D eigenvalue weighted by molar-refractivity contribution is 7.81. The van der Waals surface area contributed by atoms with E-state index in [1.165, 1.54) is 0 Å². The third-order valence-corrected chi connectivity index (χ3v) is 12.4. The van der Waals surface area contributed by atoms with Crippen molar-refractivity contribution in [2.45, 2.75) is 115 Å². The maximum atomic E-state index is 12.9. The van der Waals surface area contributed by atoms with Crippen molar-refractivity contribution in [1.29, 1.82) is 0 Å². The maximum absolute atomic E-state index is 12.9. The van der Waals surface area contributed by atoms with Crippen molar-refractivity contribution in [1.82, 2.24) is 0 Å². The molecular formula is C30H44O16S2-2. The number of carbonyl (C=O) groups excluding carboxylic acids is 1. The summed E-state index contributed by atoms with van der Waals surface area (Å²) in [5, 5.41) is 31.9. The highest BCUT2D eigenvalue weighted by atomic mass is 32.3. The second kappa shape index (κ2) is 13.4. The quantitative estimate of drug-likeness (QED) is 0.0882. The molecule has 1 heterocycles. The first-order valence-electron chi connectivity index (χ1n) is 16.2. The summed E-state index contributed by atoms with van der Waals surface area (Å²) >= 11 is 0. The van der Waals surface area contributed by atoms with Crippen LogP contribution in [0.2, 0.25) is 0 Å². The van der Waals surface area contributed by atoms with Gasteiger partial charge in [-0.15, -0.1) is 0 Å². The minimum atomic E-state index is -5.69. The molecule has 4 saturated carbocycles. The number of carboxylic acid groups (broad SMARTS) is 1. The van der Waals surface area contributed by atoms with Crippen molar-refractivity contribution < 1.29 is 73.4 Å². The summed E-state index contributed by atoms with van der Waals surface area (Å²) in [5.41, 5.74) is -0.359. The first kappa shape index (κ1) is 37.5. The highest BCUT2D eigenvalue weighted by Gasteiger charge is 2.67. The zero-order valence-electron chi connectivity index (χ0n) is 27.0. The van der Waals surface area contributed by atoms with Crippen molar-refractivity contribution in [2.75, 3.05) is 6.61 Å². The SMILES string of the molecule is C=C1C2CCC3C4(C)CC(OC5OC(CO)C(OS(=O)(=O)[O-])C(OS(=O)(=O)[O-])C5OC(=O)CC(C)C)CC(C(=O)O)C4CCC3(C2)C1O. The molecule has 5 rings (SSSR count). The summed E-state index contributed by atoms with van der Waals surface area (Å²) in [4.78, 5) is 25.6. The lowest BCUT2D eigenvalue weighted by Gasteiger charge is -2.62. The average Bonchev–Trinajstić information content (AvgIpc) is 3.12. The van der Waals surface area contributed by atoms with Gasteiger partial charge in [-0.3, -0.25) is 18.0 Å². The molecule has 0 radical (unpaired) electrons. The molecule has 1 aliphatic heterocycles. The Bertz CT molecular complexity index is 1480. The molecule has 48 heavy (non-hydrogen) atoms. The van der Waals surface area contributed by atoms with E-state index < -0.39 is 99.0 Å². The predicted octanol–water partition coefficient (Wildman–Crippen LogP) is 0.982. The fourth-order valence-corrected chi connectivity index (χ4v) is 10.8. The smallest absolute Gasteiger partial charge is 0.306 e. The van der Waals surface area contributed by atoms with Crippen LogP contribution in [0.3, 0.4) is 0 Å². The second-order valence-electron chi connectivity index (χ2n) is 14.8. The van der Waals surface area contributed by atoms with E-state index in [0.717, 1.165) is 24.8 Å². The van der Waals surface area contributed by atoms with E-state index in [-0.39, 0.29) is 42.9 Å². The molecule has 13 atom stereocenters. The third-order valence-electron chi connectivity index (χ3n) is 11.5. The monoisotopic (exact) mass is 724 g/mol. The average molecular weight is 725 g/mol. The molecule has 1 saturated heterocycles. The Morgan fingerprint density at radius 3 is 2.27 bits per heavy atom. The van der Waals surface area contributed by atoms with Crippen molar-refractivity contribution in [3.05, 3.63) is 12.2 Å². The maximum Gasteiger partial charge on any atom is 0.306 e. The van der Waals surface area contributed by atoms with Gasteiger partial charge in [-0.1, -0.05) is 27.4 Å². The van der Waals surface area contributed by atoms with E-state index in [4.69, 9.17) is 14.2 Å². The number of aliphatic carboxylic acids is 1. The summed E-state index contributed by atoms with van der Waals surface area (Å²) in [6, 6.07) is 0. The van der Waals surface area contributed by atoms with E-state index in [1.807, 2.05) is 6.92 Å². The zero-order valence-corrected chi connectivity index (χ0v) is 28.6. The van der Waals surface area contributed by atoms with Crippen LogP contribution in [0.15, 0.2) is 12.2 Å². The van der Waals surface area contributed by atoms with Gasteiger partial charge in [-0.25, -0.2) is 16.8 Å². The molecule has 0 aromatic carbocycles. The lowest BCUT2D eigenvalue weighted by Crippen LogP contribution is -2.64. The fourth-order valence-electron chi connectivity index (χ4n) is 9.81. The number of esters is 1. The number of carboxylic acids is 1. The first-order chi connectivity index (χ1) is 22.2. The van der Waals surface area contributed by atoms with Gasteiger partial charge in [0, 0.05) is 11.8 Å². The highest BCUT2D eigenvalue weighted by Crippen LogP contribution is 2.70. The van der Waals surface area contributed by atoms with Crippen LogP contribution >= 0.6 is 0 Å². The lowest BCUT2D eigenvalue weighted by molar-refractivity contribution is -0.316. The van der Waals surface area contributed by atoms with Gasteiger partial charge in [0.1, 0.15) is 18.3 Å². The van der Waals surface area contributed by atoms with Gasteiger partial charge in [0.25, 0.3) is 0 Å². The Kier molecular flexibility index (Phi) is 10.5. The van der Waals surface area contributed by atoms with Crippen LogP contribution in [0.4, 0.5) is 0 Å². The van der Waals surface area contributed by atoms with Gasteiger partial charge in [-0.2, -0.15) is 0 Å². The minimum absolute atomic E-state index is 0.0379. The first-order valence-corrected chi connectivity index (χ1v) is 18.8. The summed E-state index contributed by atoms with van der Waals surface area (Å²) in [6.45, 7) is 8.41. The van der Waals surface area contributed by atoms with E-state index in [2.05, 4.69) is 14.9 Å².